The van der Waals surface area contributed by atoms with Crippen LogP contribution in [0.3, 0.4) is 0 Å². The molecule has 1 unspecified atom stereocenters. The zero-order chi connectivity index (χ0) is 13.9. The molecule has 2 aliphatic rings. The van der Waals surface area contributed by atoms with Gasteiger partial charge in [0.2, 0.25) is 0 Å². The molecule has 0 aliphatic heterocycles. The van der Waals surface area contributed by atoms with Crippen LogP contribution in [0.4, 0.5) is 0 Å². The Morgan fingerprint density at radius 2 is 2.05 bits per heavy atom. The topological polar surface area (TPSA) is 41.6 Å². The van der Waals surface area contributed by atoms with Gasteiger partial charge in [0.05, 0.1) is 7.11 Å². The highest BCUT2D eigenvalue weighted by atomic mass is 16.5. The van der Waals surface area contributed by atoms with Gasteiger partial charge in [0, 0.05) is 13.1 Å². The van der Waals surface area contributed by atoms with Gasteiger partial charge in [0.15, 0.2) is 0 Å². The number of nitrogens with one attached hydrogen (secondary N) is 1. The molecule has 1 atom stereocenters. The number of methoxy groups -OCH3 is 1. The molecule has 0 spiro atoms. The van der Waals surface area contributed by atoms with Crippen LogP contribution in [-0.2, 0) is 9.53 Å². The summed E-state index contributed by atoms with van der Waals surface area (Å²) in [6.07, 6.45) is 6.12. The van der Waals surface area contributed by atoms with Gasteiger partial charge in [-0.05, 0) is 57.5 Å². The summed E-state index contributed by atoms with van der Waals surface area (Å²) in [5.41, 5.74) is -0.487. The summed E-state index contributed by atoms with van der Waals surface area (Å²) < 4.78 is 5.08. The van der Waals surface area contributed by atoms with E-state index in [1.54, 1.807) is 0 Å². The van der Waals surface area contributed by atoms with Crippen molar-refractivity contribution in [1.82, 2.24) is 10.2 Å². The monoisotopic (exact) mass is 268 g/mol. The molecule has 110 valence electrons. The molecule has 4 heteroatoms. The number of esters is 1. The van der Waals surface area contributed by atoms with Gasteiger partial charge in [-0.15, -0.1) is 0 Å². The van der Waals surface area contributed by atoms with E-state index >= 15 is 0 Å². The number of carbonyl (C=O) groups excluding carboxylic acids is 1. The first kappa shape index (κ1) is 14.8. The third-order valence-corrected chi connectivity index (χ3v) is 4.50. The smallest absolute Gasteiger partial charge is 0.327 e. The van der Waals surface area contributed by atoms with Crippen molar-refractivity contribution in [2.24, 2.45) is 11.8 Å². The van der Waals surface area contributed by atoms with E-state index in [9.17, 15) is 4.79 Å². The van der Waals surface area contributed by atoms with E-state index in [-0.39, 0.29) is 5.97 Å². The predicted octanol–water partition coefficient (Wildman–Crippen LogP) is 1.65. The zero-order valence-electron chi connectivity index (χ0n) is 12.6. The van der Waals surface area contributed by atoms with Crippen LogP contribution in [0.25, 0.3) is 0 Å². The van der Waals surface area contributed by atoms with Gasteiger partial charge >= 0.3 is 5.97 Å². The Morgan fingerprint density at radius 1 is 1.37 bits per heavy atom. The van der Waals surface area contributed by atoms with Gasteiger partial charge in [0.1, 0.15) is 5.54 Å². The maximum atomic E-state index is 12.3. The number of likely N-dealkylation sites (N-methyl/N-ethyl adjacent to an activating group) is 1. The molecular formula is C15H28N2O2. The Morgan fingerprint density at radius 3 is 2.47 bits per heavy atom. The minimum absolute atomic E-state index is 0.0885. The van der Waals surface area contributed by atoms with Crippen LogP contribution in [0.1, 0.15) is 39.0 Å². The number of hydrogen-bond acceptors (Lipinski definition) is 4. The lowest BCUT2D eigenvalue weighted by Gasteiger charge is -2.36. The normalized spacial score (nSPS) is 22.3. The van der Waals surface area contributed by atoms with E-state index in [0.29, 0.717) is 5.92 Å². The average Bonchev–Trinajstić information content (AvgIpc) is 3.27. The zero-order valence-corrected chi connectivity index (χ0v) is 12.6. The van der Waals surface area contributed by atoms with Gasteiger partial charge in [-0.2, -0.15) is 0 Å². The molecule has 0 aromatic heterocycles. The number of ether oxygens (including phenoxy) is 1. The van der Waals surface area contributed by atoms with Crippen LogP contribution in [0, 0.1) is 11.8 Å². The second kappa shape index (κ2) is 6.23. The van der Waals surface area contributed by atoms with E-state index in [1.165, 1.54) is 20.0 Å². The molecule has 0 heterocycles. The fourth-order valence-electron chi connectivity index (χ4n) is 3.07. The maximum Gasteiger partial charge on any atom is 0.327 e. The Labute approximate surface area is 116 Å². The number of hydrogen-bond donors (Lipinski definition) is 1. The molecule has 2 fully saturated rings. The lowest BCUT2D eigenvalue weighted by atomic mass is 9.92. The third kappa shape index (κ3) is 3.48. The number of nitrogens with zero attached hydrogens (tertiary/aromatic N) is 1. The summed E-state index contributed by atoms with van der Waals surface area (Å²) in [5.74, 6) is 1.22. The highest BCUT2D eigenvalue weighted by Gasteiger charge is 2.51. The first-order valence-electron chi connectivity index (χ1n) is 7.66. The van der Waals surface area contributed by atoms with E-state index in [0.717, 1.165) is 44.8 Å². The van der Waals surface area contributed by atoms with Crippen molar-refractivity contribution >= 4 is 5.97 Å². The van der Waals surface area contributed by atoms with Gasteiger partial charge in [-0.25, -0.2) is 4.79 Å². The minimum Gasteiger partial charge on any atom is -0.468 e. The summed E-state index contributed by atoms with van der Waals surface area (Å²) in [6.45, 7) is 5.21. The van der Waals surface area contributed by atoms with Crippen LogP contribution >= 0.6 is 0 Å². The number of rotatable bonds is 9. The van der Waals surface area contributed by atoms with Crippen molar-refractivity contribution in [2.45, 2.75) is 44.6 Å². The van der Waals surface area contributed by atoms with Crippen molar-refractivity contribution in [3.63, 3.8) is 0 Å². The SMILES string of the molecule is CCCN(CC1CC1)CC(NC)(C(=O)OC)C1CC1. The summed E-state index contributed by atoms with van der Waals surface area (Å²) >= 11 is 0. The molecule has 1 N–H and O–H groups in total. The van der Waals surface area contributed by atoms with Crippen LogP contribution in [0.15, 0.2) is 0 Å². The second-order valence-electron chi connectivity index (χ2n) is 6.17. The molecule has 4 nitrogen and oxygen atoms in total. The Bertz CT molecular complexity index is 313. The van der Waals surface area contributed by atoms with E-state index in [2.05, 4.69) is 17.1 Å². The van der Waals surface area contributed by atoms with E-state index < -0.39 is 5.54 Å². The predicted molar refractivity (Wildman–Crippen MR) is 76.0 cm³/mol. The summed E-state index contributed by atoms with van der Waals surface area (Å²) in [7, 11) is 3.40. The lowest BCUT2D eigenvalue weighted by Crippen LogP contribution is -2.60. The summed E-state index contributed by atoms with van der Waals surface area (Å²) in [4.78, 5) is 14.7. The van der Waals surface area contributed by atoms with Crippen LogP contribution in [-0.4, -0.2) is 50.2 Å². The molecule has 0 amide bonds. The first-order valence-corrected chi connectivity index (χ1v) is 7.66. The molecule has 0 aromatic carbocycles. The third-order valence-electron chi connectivity index (χ3n) is 4.50. The number of carbonyl (C=O) groups is 1. The largest absolute Gasteiger partial charge is 0.468 e. The van der Waals surface area contributed by atoms with Crippen molar-refractivity contribution < 1.29 is 9.53 Å². The molecule has 0 saturated heterocycles. The second-order valence-corrected chi connectivity index (χ2v) is 6.17. The van der Waals surface area contributed by atoms with Gasteiger partial charge in [0.25, 0.3) is 0 Å². The first-order chi connectivity index (χ1) is 9.16. The van der Waals surface area contributed by atoms with Gasteiger partial charge in [-0.1, -0.05) is 6.92 Å². The molecule has 0 aromatic rings. The van der Waals surface area contributed by atoms with E-state index in [4.69, 9.17) is 4.74 Å². The Balaban J connectivity index is 2.05. The highest BCUT2D eigenvalue weighted by Crippen LogP contribution is 2.41. The molecular weight excluding hydrogens is 240 g/mol. The van der Waals surface area contributed by atoms with Crippen LogP contribution < -0.4 is 5.32 Å². The van der Waals surface area contributed by atoms with Crippen LogP contribution in [0.5, 0.6) is 0 Å². The van der Waals surface area contributed by atoms with Crippen molar-refractivity contribution in [3.05, 3.63) is 0 Å². The maximum absolute atomic E-state index is 12.3. The molecule has 2 rings (SSSR count). The highest BCUT2D eigenvalue weighted by molar-refractivity contribution is 5.82. The lowest BCUT2D eigenvalue weighted by molar-refractivity contribution is -0.150. The molecule has 19 heavy (non-hydrogen) atoms. The van der Waals surface area contributed by atoms with Gasteiger partial charge < -0.3 is 15.0 Å². The van der Waals surface area contributed by atoms with Gasteiger partial charge in [-0.3, -0.25) is 0 Å². The van der Waals surface area contributed by atoms with Crippen molar-refractivity contribution in [2.75, 3.05) is 33.8 Å². The average molecular weight is 268 g/mol. The van der Waals surface area contributed by atoms with Crippen molar-refractivity contribution in [1.29, 1.82) is 0 Å². The fourth-order valence-corrected chi connectivity index (χ4v) is 3.07. The molecule has 2 aliphatic carbocycles. The molecule has 2 saturated carbocycles. The van der Waals surface area contributed by atoms with Crippen molar-refractivity contribution in [3.8, 4) is 0 Å². The molecule has 0 bridgehead atoms. The van der Waals surface area contributed by atoms with Crippen LogP contribution in [0.2, 0.25) is 0 Å². The quantitative estimate of drug-likeness (QED) is 0.646. The summed E-state index contributed by atoms with van der Waals surface area (Å²) in [6, 6.07) is 0. The fraction of sp³-hybridized carbons (Fsp3) is 0.933. The molecule has 0 radical (unpaired) electrons. The standard InChI is InChI=1S/C15H28N2O2/c1-4-9-17(10-12-5-6-12)11-15(16-2,13-7-8-13)14(18)19-3/h12-13,16H,4-11H2,1-3H3. The van der Waals surface area contributed by atoms with E-state index in [1.807, 2.05) is 7.05 Å². The Kier molecular flexibility index (Phi) is 4.85. The minimum atomic E-state index is -0.487. The summed E-state index contributed by atoms with van der Waals surface area (Å²) in [5, 5.41) is 3.29. The Hall–Kier alpha value is -0.610.